The molecule has 5 nitrogen and oxygen atoms in total. The summed E-state index contributed by atoms with van der Waals surface area (Å²) in [6, 6.07) is 7.18. The quantitative estimate of drug-likeness (QED) is 0.811. The van der Waals surface area contributed by atoms with Crippen molar-refractivity contribution in [2.75, 3.05) is 25.0 Å². The summed E-state index contributed by atoms with van der Waals surface area (Å²) in [5.74, 6) is -0.127. The number of anilines is 1. The zero-order valence-corrected chi connectivity index (χ0v) is 10.6. The molecule has 1 aromatic carbocycles. The van der Waals surface area contributed by atoms with E-state index in [0.29, 0.717) is 6.54 Å². The lowest BCUT2D eigenvalue weighted by atomic mass is 10.1. The molecule has 1 atom stereocenters. The number of hydrogen-bond donors (Lipinski definition) is 2. The Labute approximate surface area is 106 Å². The predicted octanol–water partition coefficient (Wildman–Crippen LogP) is 0.430. The van der Waals surface area contributed by atoms with E-state index in [1.807, 2.05) is 31.2 Å². The maximum Gasteiger partial charge on any atom is 0.248 e. The molecule has 1 unspecified atom stereocenters. The molecule has 2 rings (SSSR count). The molecule has 5 heteroatoms. The number of nitrogens with zero attached hydrogens (tertiary/aromatic N) is 1. The number of likely N-dealkylation sites (N-methyl/N-ethyl adjacent to an activating group) is 2. The molecule has 1 aliphatic heterocycles. The normalized spacial score (nSPS) is 17.8. The second-order valence-corrected chi connectivity index (χ2v) is 4.22. The van der Waals surface area contributed by atoms with Gasteiger partial charge in [0.25, 0.3) is 0 Å². The number of benzene rings is 1. The van der Waals surface area contributed by atoms with E-state index in [2.05, 4.69) is 10.6 Å². The van der Waals surface area contributed by atoms with Gasteiger partial charge in [-0.15, -0.1) is 0 Å². The van der Waals surface area contributed by atoms with Crippen LogP contribution in [0.15, 0.2) is 24.3 Å². The largest absolute Gasteiger partial charge is 0.355 e. The first kappa shape index (κ1) is 12.6. The van der Waals surface area contributed by atoms with E-state index in [4.69, 9.17) is 0 Å². The molecular weight excluding hydrogens is 230 g/mol. The Morgan fingerprint density at radius 2 is 2.11 bits per heavy atom. The monoisotopic (exact) mass is 247 g/mol. The van der Waals surface area contributed by atoms with Crippen molar-refractivity contribution in [1.82, 2.24) is 10.6 Å². The van der Waals surface area contributed by atoms with Crippen molar-refractivity contribution >= 4 is 17.5 Å². The second-order valence-electron chi connectivity index (χ2n) is 4.22. The van der Waals surface area contributed by atoms with Crippen LogP contribution in [0.3, 0.4) is 0 Å². The van der Waals surface area contributed by atoms with Crippen molar-refractivity contribution in [3.8, 4) is 0 Å². The van der Waals surface area contributed by atoms with Gasteiger partial charge in [-0.1, -0.05) is 18.2 Å². The first-order valence-electron chi connectivity index (χ1n) is 6.01. The third kappa shape index (κ3) is 2.22. The van der Waals surface area contributed by atoms with Crippen molar-refractivity contribution in [3.05, 3.63) is 29.8 Å². The Hall–Kier alpha value is -1.88. The molecule has 0 bridgehead atoms. The van der Waals surface area contributed by atoms with E-state index in [1.165, 1.54) is 0 Å². The van der Waals surface area contributed by atoms with Crippen molar-refractivity contribution < 1.29 is 9.59 Å². The zero-order valence-electron chi connectivity index (χ0n) is 10.6. The van der Waals surface area contributed by atoms with Gasteiger partial charge in [-0.3, -0.25) is 14.9 Å². The summed E-state index contributed by atoms with van der Waals surface area (Å²) in [5, 5.41) is 5.69. The van der Waals surface area contributed by atoms with Crippen LogP contribution in [-0.2, 0) is 9.59 Å². The van der Waals surface area contributed by atoms with Crippen LogP contribution in [0.4, 0.5) is 5.69 Å². The van der Waals surface area contributed by atoms with Crippen molar-refractivity contribution in [2.24, 2.45) is 0 Å². The third-order valence-electron chi connectivity index (χ3n) is 3.03. The van der Waals surface area contributed by atoms with Gasteiger partial charge < -0.3 is 10.2 Å². The first-order valence-corrected chi connectivity index (χ1v) is 6.01. The van der Waals surface area contributed by atoms with Crippen molar-refractivity contribution in [3.63, 3.8) is 0 Å². The molecule has 0 saturated carbocycles. The van der Waals surface area contributed by atoms with E-state index in [-0.39, 0.29) is 18.4 Å². The van der Waals surface area contributed by atoms with Crippen LogP contribution in [0, 0.1) is 0 Å². The van der Waals surface area contributed by atoms with Gasteiger partial charge in [-0.25, -0.2) is 0 Å². The summed E-state index contributed by atoms with van der Waals surface area (Å²) in [6.45, 7) is 2.60. The number of carbonyl (C=O) groups excluding carboxylic acids is 2. The molecule has 1 heterocycles. The topological polar surface area (TPSA) is 61.4 Å². The molecule has 2 N–H and O–H groups in total. The molecule has 96 valence electrons. The van der Waals surface area contributed by atoms with Gasteiger partial charge >= 0.3 is 0 Å². The molecule has 0 radical (unpaired) electrons. The lowest BCUT2D eigenvalue weighted by Crippen LogP contribution is -2.39. The van der Waals surface area contributed by atoms with Gasteiger partial charge in [0.05, 0.1) is 6.54 Å². The van der Waals surface area contributed by atoms with Crippen LogP contribution in [0.25, 0.3) is 0 Å². The van der Waals surface area contributed by atoms with Crippen LogP contribution >= 0.6 is 0 Å². The lowest BCUT2D eigenvalue weighted by molar-refractivity contribution is -0.121. The molecule has 1 aliphatic rings. The van der Waals surface area contributed by atoms with Crippen molar-refractivity contribution in [2.45, 2.75) is 13.0 Å². The molecule has 2 amide bonds. The Morgan fingerprint density at radius 1 is 1.39 bits per heavy atom. The van der Waals surface area contributed by atoms with E-state index in [9.17, 15) is 9.59 Å². The van der Waals surface area contributed by atoms with Crippen LogP contribution in [0.1, 0.15) is 18.5 Å². The molecule has 18 heavy (non-hydrogen) atoms. The summed E-state index contributed by atoms with van der Waals surface area (Å²) in [5.41, 5.74) is 1.82. The molecule has 0 saturated heterocycles. The summed E-state index contributed by atoms with van der Waals surface area (Å²) in [6.07, 6.45) is 0. The number of rotatable bonds is 4. The molecule has 1 aromatic rings. The third-order valence-corrected chi connectivity index (χ3v) is 3.03. The first-order chi connectivity index (χ1) is 8.65. The van der Waals surface area contributed by atoms with Crippen LogP contribution in [0.2, 0.25) is 0 Å². The molecule has 0 aliphatic carbocycles. The Kier molecular flexibility index (Phi) is 3.62. The second kappa shape index (κ2) is 5.18. The lowest BCUT2D eigenvalue weighted by Gasteiger charge is -2.12. The maximum atomic E-state index is 12.1. The smallest absolute Gasteiger partial charge is 0.248 e. The Balaban J connectivity index is 2.10. The van der Waals surface area contributed by atoms with Gasteiger partial charge in [0.1, 0.15) is 6.04 Å². The van der Waals surface area contributed by atoms with E-state index >= 15 is 0 Å². The van der Waals surface area contributed by atoms with E-state index in [0.717, 1.165) is 11.3 Å². The van der Waals surface area contributed by atoms with Gasteiger partial charge in [-0.2, -0.15) is 0 Å². The highest BCUT2D eigenvalue weighted by Crippen LogP contribution is 2.34. The van der Waals surface area contributed by atoms with Crippen LogP contribution in [0.5, 0.6) is 0 Å². The van der Waals surface area contributed by atoms with Gasteiger partial charge in [0.2, 0.25) is 11.8 Å². The summed E-state index contributed by atoms with van der Waals surface area (Å²) in [4.78, 5) is 25.1. The zero-order chi connectivity index (χ0) is 13.1. The van der Waals surface area contributed by atoms with E-state index < -0.39 is 6.04 Å². The van der Waals surface area contributed by atoms with Gasteiger partial charge in [0, 0.05) is 24.8 Å². The molecule has 0 fully saturated rings. The number of nitrogens with one attached hydrogen (secondary N) is 2. The average molecular weight is 247 g/mol. The van der Waals surface area contributed by atoms with Crippen LogP contribution < -0.4 is 15.5 Å². The van der Waals surface area contributed by atoms with E-state index in [1.54, 1.807) is 11.9 Å². The minimum atomic E-state index is -0.422. The molecular formula is C13H17N3O2. The molecule has 0 spiro atoms. The fourth-order valence-corrected chi connectivity index (χ4v) is 2.13. The maximum absolute atomic E-state index is 12.1. The Bertz CT molecular complexity index is 473. The average Bonchev–Trinajstić information content (AvgIpc) is 2.61. The number of fused-ring (bicyclic) bond motifs is 1. The fraction of sp³-hybridized carbons (Fsp3) is 0.385. The number of amides is 2. The minimum absolute atomic E-state index is 0.0273. The van der Waals surface area contributed by atoms with Gasteiger partial charge in [-0.05, 0) is 13.0 Å². The number of para-hydroxylation sites is 1. The highest BCUT2D eigenvalue weighted by Gasteiger charge is 2.34. The summed E-state index contributed by atoms with van der Waals surface area (Å²) >= 11 is 0. The SMILES string of the molecule is CCNC(=O)CNC1C(=O)N(C)c2ccccc21. The summed E-state index contributed by atoms with van der Waals surface area (Å²) in [7, 11) is 1.75. The Morgan fingerprint density at radius 3 is 2.83 bits per heavy atom. The summed E-state index contributed by atoms with van der Waals surface area (Å²) < 4.78 is 0. The fourth-order valence-electron chi connectivity index (χ4n) is 2.13. The highest BCUT2D eigenvalue weighted by atomic mass is 16.2. The van der Waals surface area contributed by atoms with Crippen molar-refractivity contribution in [1.29, 1.82) is 0 Å². The molecule has 0 aromatic heterocycles. The van der Waals surface area contributed by atoms with Crippen LogP contribution in [-0.4, -0.2) is 32.0 Å². The highest BCUT2D eigenvalue weighted by molar-refractivity contribution is 6.04. The number of carbonyl (C=O) groups is 2. The minimum Gasteiger partial charge on any atom is -0.355 e. The standard InChI is InChI=1S/C13H17N3O2/c1-3-14-11(17)8-15-12-9-6-4-5-7-10(9)16(2)13(12)18/h4-7,12,15H,3,8H2,1-2H3,(H,14,17). The number of hydrogen-bond acceptors (Lipinski definition) is 3. The predicted molar refractivity (Wildman–Crippen MR) is 69.3 cm³/mol. The van der Waals surface area contributed by atoms with Gasteiger partial charge in [0.15, 0.2) is 0 Å².